The lowest BCUT2D eigenvalue weighted by Gasteiger charge is -2.09. The van der Waals surface area contributed by atoms with Crippen LogP contribution < -0.4 is 5.32 Å². The first-order valence-electron chi connectivity index (χ1n) is 5.04. The first-order chi connectivity index (χ1) is 8.11. The van der Waals surface area contributed by atoms with E-state index in [4.69, 9.17) is 22.1 Å². The Bertz CT molecular complexity index is 564. The van der Waals surface area contributed by atoms with Crippen molar-refractivity contribution in [3.05, 3.63) is 28.8 Å². The highest BCUT2D eigenvalue weighted by atomic mass is 35.5. The second-order valence-corrected chi connectivity index (χ2v) is 4.36. The van der Waals surface area contributed by atoms with Gasteiger partial charge in [-0.15, -0.1) is 0 Å². The molecule has 0 bridgehead atoms. The third-order valence-corrected chi connectivity index (χ3v) is 3.06. The number of rotatable bonds is 2. The van der Waals surface area contributed by atoms with Gasteiger partial charge in [0.1, 0.15) is 5.41 Å². The summed E-state index contributed by atoms with van der Waals surface area (Å²) in [6, 6.07) is 8.56. The van der Waals surface area contributed by atoms with E-state index >= 15 is 0 Å². The van der Waals surface area contributed by atoms with Crippen LogP contribution in [0.4, 0.5) is 5.69 Å². The lowest BCUT2D eigenvalue weighted by atomic mass is 10.1. The van der Waals surface area contributed by atoms with E-state index in [0.717, 1.165) is 0 Å². The third-order valence-electron chi connectivity index (χ3n) is 2.75. The number of anilines is 1. The van der Waals surface area contributed by atoms with E-state index in [9.17, 15) is 4.79 Å². The average molecular weight is 246 g/mol. The molecule has 0 unspecified atom stereocenters. The van der Waals surface area contributed by atoms with Gasteiger partial charge in [-0.1, -0.05) is 11.6 Å². The minimum Gasteiger partial charge on any atom is -0.323 e. The molecule has 1 N–H and O–H groups in total. The molecular formula is C12H8ClN3O. The Morgan fingerprint density at radius 2 is 2.12 bits per heavy atom. The predicted molar refractivity (Wildman–Crippen MR) is 62.1 cm³/mol. The van der Waals surface area contributed by atoms with E-state index in [-0.39, 0.29) is 5.91 Å². The average Bonchev–Trinajstić information content (AvgIpc) is 3.12. The lowest BCUT2D eigenvalue weighted by Crippen LogP contribution is -2.22. The van der Waals surface area contributed by atoms with Crippen LogP contribution in [0.1, 0.15) is 18.4 Å². The number of hydrogen-bond acceptors (Lipinski definition) is 3. The molecule has 1 aliphatic rings. The zero-order valence-electron chi connectivity index (χ0n) is 8.83. The molecule has 0 aromatic heterocycles. The van der Waals surface area contributed by atoms with E-state index in [0.29, 0.717) is 29.1 Å². The van der Waals surface area contributed by atoms with Gasteiger partial charge in [-0.3, -0.25) is 4.79 Å². The van der Waals surface area contributed by atoms with Crippen LogP contribution in [-0.2, 0) is 4.79 Å². The normalized spacial score (nSPS) is 15.5. The van der Waals surface area contributed by atoms with Crippen molar-refractivity contribution in [1.29, 1.82) is 10.5 Å². The summed E-state index contributed by atoms with van der Waals surface area (Å²) in [6.07, 6.45) is 1.17. The Morgan fingerprint density at radius 3 is 2.59 bits per heavy atom. The zero-order valence-corrected chi connectivity index (χ0v) is 9.58. The second kappa shape index (κ2) is 4.08. The van der Waals surface area contributed by atoms with Crippen LogP contribution in [-0.4, -0.2) is 5.91 Å². The van der Waals surface area contributed by atoms with Crippen molar-refractivity contribution in [2.45, 2.75) is 12.8 Å². The van der Waals surface area contributed by atoms with Crippen LogP contribution in [0.15, 0.2) is 18.2 Å². The summed E-state index contributed by atoms with van der Waals surface area (Å²) in [4.78, 5) is 11.8. The molecule has 1 amide bonds. The first-order valence-corrected chi connectivity index (χ1v) is 5.41. The highest BCUT2D eigenvalue weighted by Crippen LogP contribution is 2.46. The van der Waals surface area contributed by atoms with E-state index < -0.39 is 5.41 Å². The van der Waals surface area contributed by atoms with Crippen molar-refractivity contribution in [1.82, 2.24) is 0 Å². The molecule has 84 valence electrons. The number of hydrogen-bond donors (Lipinski definition) is 1. The molecule has 1 aliphatic carbocycles. The Labute approximate surface area is 103 Å². The number of nitrogens with zero attached hydrogens (tertiary/aromatic N) is 2. The summed E-state index contributed by atoms with van der Waals surface area (Å²) >= 11 is 5.92. The minimum atomic E-state index is -0.878. The smallest absolute Gasteiger partial charge is 0.244 e. The van der Waals surface area contributed by atoms with Crippen LogP contribution in [0.3, 0.4) is 0 Å². The third kappa shape index (κ3) is 2.08. The molecule has 4 nitrogen and oxygen atoms in total. The SMILES string of the molecule is N#Cc1ccc(NC(=O)C2(C#N)CC2)c(Cl)c1. The molecule has 0 saturated heterocycles. The predicted octanol–water partition coefficient (Wildman–Crippen LogP) is 2.45. The fourth-order valence-electron chi connectivity index (χ4n) is 1.44. The van der Waals surface area contributed by atoms with E-state index in [1.165, 1.54) is 6.07 Å². The number of halogens is 1. The van der Waals surface area contributed by atoms with Crippen molar-refractivity contribution < 1.29 is 4.79 Å². The summed E-state index contributed by atoms with van der Waals surface area (Å²) in [5.74, 6) is -0.327. The van der Waals surface area contributed by atoms with E-state index in [1.807, 2.05) is 12.1 Å². The highest BCUT2D eigenvalue weighted by molar-refractivity contribution is 6.33. The number of amides is 1. The van der Waals surface area contributed by atoms with Crippen LogP contribution in [0.2, 0.25) is 5.02 Å². The molecular weight excluding hydrogens is 238 g/mol. The fraction of sp³-hybridized carbons (Fsp3) is 0.250. The van der Waals surface area contributed by atoms with Crippen molar-refractivity contribution in [2.75, 3.05) is 5.32 Å². The number of nitriles is 2. The van der Waals surface area contributed by atoms with Gasteiger partial charge in [0.05, 0.1) is 28.4 Å². The Balaban J connectivity index is 2.18. The van der Waals surface area contributed by atoms with Gasteiger partial charge in [0.25, 0.3) is 0 Å². The van der Waals surface area contributed by atoms with Crippen molar-refractivity contribution in [3.63, 3.8) is 0 Å². The van der Waals surface area contributed by atoms with Crippen molar-refractivity contribution in [3.8, 4) is 12.1 Å². The minimum absolute atomic E-state index is 0.297. The summed E-state index contributed by atoms with van der Waals surface area (Å²) in [5, 5.41) is 20.5. The van der Waals surface area contributed by atoms with Crippen LogP contribution in [0.5, 0.6) is 0 Å². The molecule has 0 atom stereocenters. The molecule has 1 aromatic rings. The largest absolute Gasteiger partial charge is 0.323 e. The lowest BCUT2D eigenvalue weighted by molar-refractivity contribution is -0.119. The summed E-state index contributed by atoms with van der Waals surface area (Å²) in [6.45, 7) is 0. The van der Waals surface area contributed by atoms with Crippen molar-refractivity contribution >= 4 is 23.2 Å². The topological polar surface area (TPSA) is 76.7 Å². The number of carbonyl (C=O) groups is 1. The van der Waals surface area contributed by atoms with Crippen LogP contribution in [0.25, 0.3) is 0 Å². The summed E-state index contributed by atoms with van der Waals surface area (Å²) < 4.78 is 0. The molecule has 1 saturated carbocycles. The van der Waals surface area contributed by atoms with Gasteiger partial charge in [-0.25, -0.2) is 0 Å². The van der Waals surface area contributed by atoms with Crippen LogP contribution >= 0.6 is 11.6 Å². The maximum absolute atomic E-state index is 11.8. The molecule has 0 radical (unpaired) electrons. The van der Waals surface area contributed by atoms with Gasteiger partial charge in [0.15, 0.2) is 0 Å². The van der Waals surface area contributed by atoms with Crippen molar-refractivity contribution in [2.24, 2.45) is 5.41 Å². The number of benzene rings is 1. The molecule has 2 rings (SSSR count). The zero-order chi connectivity index (χ0) is 12.5. The molecule has 0 spiro atoms. The van der Waals surface area contributed by atoms with Gasteiger partial charge in [0, 0.05) is 0 Å². The van der Waals surface area contributed by atoms with Gasteiger partial charge < -0.3 is 5.32 Å². The molecule has 17 heavy (non-hydrogen) atoms. The maximum Gasteiger partial charge on any atom is 0.244 e. The van der Waals surface area contributed by atoms with Gasteiger partial charge >= 0.3 is 0 Å². The van der Waals surface area contributed by atoms with Crippen LogP contribution in [0, 0.1) is 28.1 Å². The summed E-state index contributed by atoms with van der Waals surface area (Å²) in [5.41, 5.74) is -0.0244. The Hall–Kier alpha value is -2.04. The standard InChI is InChI=1S/C12H8ClN3O/c13-9-5-8(6-14)1-2-10(9)16-11(17)12(7-15)3-4-12/h1-2,5H,3-4H2,(H,16,17). The Morgan fingerprint density at radius 1 is 1.41 bits per heavy atom. The highest BCUT2D eigenvalue weighted by Gasteiger charge is 2.50. The first kappa shape index (κ1) is 11.4. The molecule has 5 heteroatoms. The molecule has 1 fully saturated rings. The second-order valence-electron chi connectivity index (χ2n) is 3.95. The monoisotopic (exact) mass is 245 g/mol. The van der Waals surface area contributed by atoms with E-state index in [1.54, 1.807) is 12.1 Å². The van der Waals surface area contributed by atoms with E-state index in [2.05, 4.69) is 5.32 Å². The van der Waals surface area contributed by atoms with Gasteiger partial charge in [-0.2, -0.15) is 10.5 Å². The fourth-order valence-corrected chi connectivity index (χ4v) is 1.67. The maximum atomic E-state index is 11.8. The molecule has 0 heterocycles. The number of nitrogens with one attached hydrogen (secondary N) is 1. The molecule has 1 aromatic carbocycles. The molecule has 0 aliphatic heterocycles. The van der Waals surface area contributed by atoms with Gasteiger partial charge in [0.2, 0.25) is 5.91 Å². The Kier molecular flexibility index (Phi) is 2.75. The number of carbonyl (C=O) groups excluding carboxylic acids is 1. The van der Waals surface area contributed by atoms with Gasteiger partial charge in [-0.05, 0) is 31.0 Å². The quantitative estimate of drug-likeness (QED) is 0.869. The summed E-state index contributed by atoms with van der Waals surface area (Å²) in [7, 11) is 0.